The van der Waals surface area contributed by atoms with E-state index in [1.807, 2.05) is 13.1 Å². The Kier molecular flexibility index (Phi) is 6.55. The maximum Gasteiger partial charge on any atom is 0.124 e. The molecule has 1 aromatic carbocycles. The van der Waals surface area contributed by atoms with Crippen LogP contribution in [0.5, 0.6) is 0 Å². The molecule has 0 bridgehead atoms. The van der Waals surface area contributed by atoms with Gasteiger partial charge in [0.1, 0.15) is 5.82 Å². The van der Waals surface area contributed by atoms with Crippen molar-refractivity contribution in [1.29, 1.82) is 0 Å². The summed E-state index contributed by atoms with van der Waals surface area (Å²) < 4.78 is 13.5. The number of hydrogen-bond acceptors (Lipinski definition) is 2. The normalized spacial score (nSPS) is 12.1. The molecule has 0 radical (unpaired) electrons. The van der Waals surface area contributed by atoms with E-state index in [0.717, 1.165) is 12.0 Å². The molecule has 0 aliphatic heterocycles. The Morgan fingerprint density at radius 2 is 2.11 bits per heavy atom. The van der Waals surface area contributed by atoms with Gasteiger partial charge in [0.15, 0.2) is 0 Å². The summed E-state index contributed by atoms with van der Waals surface area (Å²) in [7, 11) is 2.04. The second-order valence-electron chi connectivity index (χ2n) is 4.80. The Hall–Kier alpha value is -1.37. The van der Waals surface area contributed by atoms with Crippen LogP contribution in [0.3, 0.4) is 0 Å². The Morgan fingerprint density at radius 1 is 1.37 bits per heavy atom. The Bertz CT molecular complexity index is 462. The summed E-state index contributed by atoms with van der Waals surface area (Å²) in [6, 6.07) is 5.35. The maximum absolute atomic E-state index is 13.5. The molecule has 3 heteroatoms. The fraction of sp³-hybridized carbons (Fsp3) is 0.500. The van der Waals surface area contributed by atoms with E-state index < -0.39 is 0 Å². The highest BCUT2D eigenvalue weighted by molar-refractivity contribution is 5.37. The maximum atomic E-state index is 13.5. The summed E-state index contributed by atoms with van der Waals surface area (Å²) in [6.45, 7) is 5.03. The second kappa shape index (κ2) is 7.93. The summed E-state index contributed by atoms with van der Waals surface area (Å²) in [5.41, 5.74) is 1.59. The predicted octanol–water partition coefficient (Wildman–Crippen LogP) is 2.79. The minimum Gasteiger partial charge on any atom is -0.395 e. The molecule has 0 spiro atoms. The number of halogens is 1. The van der Waals surface area contributed by atoms with Crippen LogP contribution in [-0.2, 0) is 6.54 Å². The fourth-order valence-electron chi connectivity index (χ4n) is 1.79. The quantitative estimate of drug-likeness (QED) is 0.826. The van der Waals surface area contributed by atoms with Gasteiger partial charge in [-0.1, -0.05) is 18.8 Å². The molecule has 1 rings (SSSR count). The minimum atomic E-state index is -0.261. The Labute approximate surface area is 115 Å². The van der Waals surface area contributed by atoms with Crippen LogP contribution in [-0.4, -0.2) is 29.7 Å². The van der Waals surface area contributed by atoms with E-state index in [0.29, 0.717) is 24.6 Å². The molecular formula is C16H22FNO. The molecule has 0 aliphatic rings. The van der Waals surface area contributed by atoms with Gasteiger partial charge in [0.25, 0.3) is 0 Å². The van der Waals surface area contributed by atoms with Gasteiger partial charge < -0.3 is 5.11 Å². The lowest BCUT2D eigenvalue weighted by Crippen LogP contribution is -2.27. The average molecular weight is 263 g/mol. The lowest BCUT2D eigenvalue weighted by atomic mass is 10.1. The molecule has 19 heavy (non-hydrogen) atoms. The van der Waals surface area contributed by atoms with Gasteiger partial charge in [-0.3, -0.25) is 4.90 Å². The monoisotopic (exact) mass is 263 g/mol. The van der Waals surface area contributed by atoms with Crippen molar-refractivity contribution in [2.24, 2.45) is 0 Å². The van der Waals surface area contributed by atoms with E-state index in [4.69, 9.17) is 5.11 Å². The minimum absolute atomic E-state index is 0.0337. The van der Waals surface area contributed by atoms with Crippen LogP contribution in [0, 0.1) is 17.7 Å². The van der Waals surface area contributed by atoms with Crippen molar-refractivity contribution in [3.05, 3.63) is 35.1 Å². The summed E-state index contributed by atoms with van der Waals surface area (Å²) in [6.07, 6.45) is 1.48. The first-order valence-corrected chi connectivity index (χ1v) is 6.66. The van der Waals surface area contributed by atoms with E-state index in [-0.39, 0.29) is 12.4 Å². The van der Waals surface area contributed by atoms with E-state index in [9.17, 15) is 4.39 Å². The van der Waals surface area contributed by atoms with Crippen LogP contribution in [0.2, 0.25) is 0 Å². The van der Waals surface area contributed by atoms with Gasteiger partial charge in [0.05, 0.1) is 6.61 Å². The first-order valence-electron chi connectivity index (χ1n) is 6.66. The topological polar surface area (TPSA) is 23.5 Å². The Morgan fingerprint density at radius 3 is 2.74 bits per heavy atom. The SMILES string of the molecule is CCC(C)N(C)Cc1cc(F)cc(C#CCCO)c1. The number of aliphatic hydroxyl groups excluding tert-OH is 1. The molecule has 2 nitrogen and oxygen atoms in total. The number of hydrogen-bond donors (Lipinski definition) is 1. The lowest BCUT2D eigenvalue weighted by molar-refractivity contribution is 0.243. The zero-order chi connectivity index (χ0) is 14.3. The smallest absolute Gasteiger partial charge is 0.124 e. The zero-order valence-electron chi connectivity index (χ0n) is 11.9. The van der Waals surface area contributed by atoms with Crippen molar-refractivity contribution in [2.45, 2.75) is 39.3 Å². The molecule has 104 valence electrons. The molecule has 0 saturated heterocycles. The molecule has 1 unspecified atom stereocenters. The van der Waals surface area contributed by atoms with Gasteiger partial charge in [-0.25, -0.2) is 4.39 Å². The summed E-state index contributed by atoms with van der Waals surface area (Å²) in [4.78, 5) is 2.19. The highest BCUT2D eigenvalue weighted by Crippen LogP contribution is 2.12. The van der Waals surface area contributed by atoms with Crippen molar-refractivity contribution < 1.29 is 9.50 Å². The number of nitrogens with zero attached hydrogens (tertiary/aromatic N) is 1. The molecule has 1 aromatic rings. The van der Waals surface area contributed by atoms with Crippen LogP contribution in [0.15, 0.2) is 18.2 Å². The van der Waals surface area contributed by atoms with E-state index >= 15 is 0 Å². The molecule has 0 aliphatic carbocycles. The zero-order valence-corrected chi connectivity index (χ0v) is 11.9. The third kappa shape index (κ3) is 5.42. The van der Waals surface area contributed by atoms with Crippen molar-refractivity contribution in [3.63, 3.8) is 0 Å². The van der Waals surface area contributed by atoms with Gasteiger partial charge in [-0.05, 0) is 44.2 Å². The van der Waals surface area contributed by atoms with E-state index in [1.165, 1.54) is 6.07 Å². The first kappa shape index (κ1) is 15.7. The molecule has 0 amide bonds. The molecule has 0 saturated carbocycles. The highest BCUT2D eigenvalue weighted by atomic mass is 19.1. The van der Waals surface area contributed by atoms with Crippen molar-refractivity contribution >= 4 is 0 Å². The van der Waals surface area contributed by atoms with E-state index in [1.54, 1.807) is 6.07 Å². The third-order valence-electron chi connectivity index (χ3n) is 3.20. The summed E-state index contributed by atoms with van der Waals surface area (Å²) >= 11 is 0. The second-order valence-corrected chi connectivity index (χ2v) is 4.80. The standard InChI is InChI=1S/C16H22FNO/c1-4-13(2)18(3)12-15-9-14(7-5-6-8-19)10-16(17)11-15/h9-11,13,19H,4,6,8,12H2,1-3H3. The van der Waals surface area contributed by atoms with Crippen LogP contribution in [0.25, 0.3) is 0 Å². The molecule has 0 aromatic heterocycles. The summed E-state index contributed by atoms with van der Waals surface area (Å²) in [5, 5.41) is 8.68. The molecule has 1 atom stereocenters. The third-order valence-corrected chi connectivity index (χ3v) is 3.20. The number of benzene rings is 1. The van der Waals surface area contributed by atoms with Crippen molar-refractivity contribution in [3.8, 4) is 11.8 Å². The molecule has 1 N–H and O–H groups in total. The first-order chi connectivity index (χ1) is 9.06. The fourth-order valence-corrected chi connectivity index (χ4v) is 1.79. The molecular weight excluding hydrogens is 241 g/mol. The summed E-state index contributed by atoms with van der Waals surface area (Å²) in [5.74, 6) is 5.43. The van der Waals surface area contributed by atoms with Gasteiger partial charge in [0, 0.05) is 24.6 Å². The lowest BCUT2D eigenvalue weighted by Gasteiger charge is -2.23. The molecule has 0 heterocycles. The number of rotatable bonds is 5. The van der Waals surface area contributed by atoms with Gasteiger partial charge >= 0.3 is 0 Å². The van der Waals surface area contributed by atoms with Crippen LogP contribution in [0.1, 0.15) is 37.8 Å². The predicted molar refractivity (Wildman–Crippen MR) is 76.2 cm³/mol. The average Bonchev–Trinajstić information content (AvgIpc) is 2.37. The molecule has 0 fully saturated rings. The van der Waals surface area contributed by atoms with Gasteiger partial charge in [0.2, 0.25) is 0 Å². The largest absolute Gasteiger partial charge is 0.395 e. The van der Waals surface area contributed by atoms with Crippen molar-refractivity contribution in [2.75, 3.05) is 13.7 Å². The van der Waals surface area contributed by atoms with Crippen LogP contribution in [0.4, 0.5) is 4.39 Å². The van der Waals surface area contributed by atoms with Crippen LogP contribution < -0.4 is 0 Å². The van der Waals surface area contributed by atoms with Gasteiger partial charge in [-0.15, -0.1) is 0 Å². The van der Waals surface area contributed by atoms with Crippen LogP contribution >= 0.6 is 0 Å². The van der Waals surface area contributed by atoms with Crippen molar-refractivity contribution in [1.82, 2.24) is 4.90 Å². The Balaban J connectivity index is 2.82. The highest BCUT2D eigenvalue weighted by Gasteiger charge is 2.08. The van der Waals surface area contributed by atoms with Gasteiger partial charge in [-0.2, -0.15) is 0 Å². The van der Waals surface area contributed by atoms with E-state index in [2.05, 4.69) is 30.6 Å². The number of aliphatic hydroxyl groups is 1.